The van der Waals surface area contributed by atoms with Gasteiger partial charge in [-0.1, -0.05) is 5.11 Å². The molecule has 0 radical (unpaired) electrons. The molecular weight excluding hydrogens is 178 g/mol. The van der Waals surface area contributed by atoms with Crippen LogP contribution in [0.3, 0.4) is 0 Å². The van der Waals surface area contributed by atoms with Crippen LogP contribution in [0.1, 0.15) is 6.42 Å². The second-order valence-corrected chi connectivity index (χ2v) is 2.71. The van der Waals surface area contributed by atoms with E-state index in [0.29, 0.717) is 0 Å². The van der Waals surface area contributed by atoms with E-state index in [4.69, 9.17) is 5.53 Å². The number of aliphatic hydroxyl groups is 2. The van der Waals surface area contributed by atoms with Gasteiger partial charge >= 0.3 is 5.97 Å². The standard InChI is InChI=1S/C6H9N3O4/c7-9-8-2-4(11)6-3(10)1-5(12)13-6/h3-4,6,10-11H,1-2H2. The lowest BCUT2D eigenvalue weighted by Crippen LogP contribution is -2.36. The molecule has 0 saturated carbocycles. The van der Waals surface area contributed by atoms with Gasteiger partial charge < -0.3 is 14.9 Å². The predicted octanol–water partition coefficient (Wildman–Crippen LogP) is -0.666. The third-order valence-electron chi connectivity index (χ3n) is 1.73. The smallest absolute Gasteiger partial charge is 0.309 e. The molecule has 0 aliphatic carbocycles. The van der Waals surface area contributed by atoms with Gasteiger partial charge in [0.25, 0.3) is 0 Å². The van der Waals surface area contributed by atoms with Crippen LogP contribution in [0, 0.1) is 0 Å². The van der Waals surface area contributed by atoms with E-state index in [0.717, 1.165) is 0 Å². The molecule has 0 aromatic carbocycles. The summed E-state index contributed by atoms with van der Waals surface area (Å²) in [5.74, 6) is -0.558. The molecule has 0 aromatic heterocycles. The van der Waals surface area contributed by atoms with Gasteiger partial charge in [-0.3, -0.25) is 4.79 Å². The molecule has 0 aromatic rings. The number of ether oxygens (including phenoxy) is 1. The summed E-state index contributed by atoms with van der Waals surface area (Å²) in [5.41, 5.74) is 7.95. The Morgan fingerprint density at radius 2 is 2.54 bits per heavy atom. The van der Waals surface area contributed by atoms with Crippen molar-refractivity contribution in [1.82, 2.24) is 0 Å². The fraction of sp³-hybridized carbons (Fsp3) is 0.833. The molecule has 1 fully saturated rings. The SMILES string of the molecule is [N-]=[N+]=NCC(O)C1OC(=O)CC1O. The van der Waals surface area contributed by atoms with Crippen molar-refractivity contribution in [2.24, 2.45) is 5.11 Å². The second-order valence-electron chi connectivity index (χ2n) is 2.71. The van der Waals surface area contributed by atoms with Crippen molar-refractivity contribution < 1.29 is 19.7 Å². The first-order chi connectivity index (χ1) is 6.15. The lowest BCUT2D eigenvalue weighted by Gasteiger charge is -2.17. The summed E-state index contributed by atoms with van der Waals surface area (Å²) in [6.07, 6.45) is -3.26. The number of rotatable bonds is 3. The summed E-state index contributed by atoms with van der Waals surface area (Å²) in [4.78, 5) is 13.1. The predicted molar refractivity (Wildman–Crippen MR) is 40.5 cm³/mol. The molecule has 13 heavy (non-hydrogen) atoms. The molecule has 72 valence electrons. The zero-order chi connectivity index (χ0) is 9.84. The van der Waals surface area contributed by atoms with Crippen molar-refractivity contribution in [3.63, 3.8) is 0 Å². The highest BCUT2D eigenvalue weighted by atomic mass is 16.6. The van der Waals surface area contributed by atoms with Crippen LogP contribution in [-0.4, -0.2) is 41.0 Å². The average molecular weight is 187 g/mol. The first kappa shape index (κ1) is 9.79. The molecule has 1 aliphatic heterocycles. The van der Waals surface area contributed by atoms with Crippen molar-refractivity contribution in [2.75, 3.05) is 6.54 Å². The van der Waals surface area contributed by atoms with Gasteiger partial charge in [-0.25, -0.2) is 0 Å². The summed E-state index contributed by atoms with van der Waals surface area (Å²) < 4.78 is 4.61. The van der Waals surface area contributed by atoms with Gasteiger partial charge in [0.2, 0.25) is 0 Å². The number of carbonyl (C=O) groups excluding carboxylic acids is 1. The van der Waals surface area contributed by atoms with Gasteiger partial charge in [0, 0.05) is 4.91 Å². The molecule has 3 unspecified atom stereocenters. The number of hydrogen-bond donors (Lipinski definition) is 2. The van der Waals surface area contributed by atoms with Gasteiger partial charge in [-0.2, -0.15) is 0 Å². The maximum Gasteiger partial charge on any atom is 0.309 e. The zero-order valence-corrected chi connectivity index (χ0v) is 6.70. The number of carbonyl (C=O) groups is 1. The molecule has 1 aliphatic rings. The number of hydrogen-bond acceptors (Lipinski definition) is 5. The van der Waals surface area contributed by atoms with Crippen molar-refractivity contribution in [2.45, 2.75) is 24.7 Å². The van der Waals surface area contributed by atoms with Crippen LogP contribution in [-0.2, 0) is 9.53 Å². The van der Waals surface area contributed by atoms with Gasteiger partial charge in [-0.05, 0) is 5.53 Å². The second kappa shape index (κ2) is 4.08. The van der Waals surface area contributed by atoms with Crippen LogP contribution >= 0.6 is 0 Å². The number of cyclic esters (lactones) is 1. The summed E-state index contributed by atoms with van der Waals surface area (Å²) in [6.45, 7) is -0.217. The monoisotopic (exact) mass is 187 g/mol. The van der Waals surface area contributed by atoms with E-state index in [1.54, 1.807) is 0 Å². The van der Waals surface area contributed by atoms with Crippen LogP contribution in [0.25, 0.3) is 10.4 Å². The van der Waals surface area contributed by atoms with E-state index in [1.165, 1.54) is 0 Å². The number of nitrogens with zero attached hydrogens (tertiary/aromatic N) is 3. The van der Waals surface area contributed by atoms with Crippen LogP contribution in [0.15, 0.2) is 5.11 Å². The Labute approximate surface area is 73.6 Å². The average Bonchev–Trinajstić information content (AvgIpc) is 2.41. The first-order valence-electron chi connectivity index (χ1n) is 3.71. The lowest BCUT2D eigenvalue weighted by molar-refractivity contribution is -0.146. The van der Waals surface area contributed by atoms with Crippen molar-refractivity contribution >= 4 is 5.97 Å². The highest BCUT2D eigenvalue weighted by molar-refractivity contribution is 5.72. The van der Waals surface area contributed by atoms with E-state index in [9.17, 15) is 15.0 Å². The third kappa shape index (κ3) is 2.32. The number of azide groups is 1. The Morgan fingerprint density at radius 3 is 3.00 bits per heavy atom. The summed E-state index contributed by atoms with van der Waals surface area (Å²) in [7, 11) is 0. The van der Waals surface area contributed by atoms with E-state index in [2.05, 4.69) is 14.8 Å². The molecule has 2 N–H and O–H groups in total. The molecule has 1 heterocycles. The summed E-state index contributed by atoms with van der Waals surface area (Å²) in [5, 5.41) is 21.6. The van der Waals surface area contributed by atoms with Crippen LogP contribution in [0.5, 0.6) is 0 Å². The Morgan fingerprint density at radius 1 is 1.85 bits per heavy atom. The third-order valence-corrected chi connectivity index (χ3v) is 1.73. The highest BCUT2D eigenvalue weighted by Crippen LogP contribution is 2.18. The topological polar surface area (TPSA) is 116 Å². The molecule has 3 atom stereocenters. The minimum atomic E-state index is -1.14. The number of aliphatic hydroxyl groups excluding tert-OH is 2. The van der Waals surface area contributed by atoms with Crippen LogP contribution in [0.4, 0.5) is 0 Å². The van der Waals surface area contributed by atoms with Gasteiger partial charge in [-0.15, -0.1) is 0 Å². The van der Waals surface area contributed by atoms with E-state index < -0.39 is 24.3 Å². The largest absolute Gasteiger partial charge is 0.457 e. The first-order valence-corrected chi connectivity index (χ1v) is 3.71. The van der Waals surface area contributed by atoms with E-state index in [-0.39, 0.29) is 13.0 Å². The fourth-order valence-corrected chi connectivity index (χ4v) is 1.12. The Hall–Kier alpha value is -1.30. The molecule has 7 nitrogen and oxygen atoms in total. The fourth-order valence-electron chi connectivity index (χ4n) is 1.12. The Balaban J connectivity index is 2.51. The molecule has 0 bridgehead atoms. The summed E-state index contributed by atoms with van der Waals surface area (Å²) in [6, 6.07) is 0. The normalized spacial score (nSPS) is 29.2. The molecule has 1 saturated heterocycles. The Bertz CT molecular complexity index is 250. The molecule has 1 rings (SSSR count). The van der Waals surface area contributed by atoms with Gasteiger partial charge in [0.1, 0.15) is 6.10 Å². The Kier molecular flexibility index (Phi) is 3.07. The maximum absolute atomic E-state index is 10.6. The van der Waals surface area contributed by atoms with Crippen molar-refractivity contribution in [3.8, 4) is 0 Å². The van der Waals surface area contributed by atoms with E-state index in [1.807, 2.05) is 0 Å². The van der Waals surface area contributed by atoms with Crippen LogP contribution in [0.2, 0.25) is 0 Å². The zero-order valence-electron chi connectivity index (χ0n) is 6.70. The molecule has 0 amide bonds. The van der Waals surface area contributed by atoms with Gasteiger partial charge in [0.15, 0.2) is 6.10 Å². The minimum absolute atomic E-state index is 0.127. The quantitative estimate of drug-likeness (QED) is 0.264. The maximum atomic E-state index is 10.6. The van der Waals surface area contributed by atoms with Gasteiger partial charge in [0.05, 0.1) is 19.1 Å². The molecular formula is C6H9N3O4. The molecule has 0 spiro atoms. The van der Waals surface area contributed by atoms with Crippen LogP contribution < -0.4 is 0 Å². The van der Waals surface area contributed by atoms with Crippen molar-refractivity contribution in [3.05, 3.63) is 10.4 Å². The van der Waals surface area contributed by atoms with E-state index >= 15 is 0 Å². The molecule has 7 heteroatoms. The number of esters is 1. The van der Waals surface area contributed by atoms with Crippen molar-refractivity contribution in [1.29, 1.82) is 0 Å². The summed E-state index contributed by atoms with van der Waals surface area (Å²) >= 11 is 0. The minimum Gasteiger partial charge on any atom is -0.457 e. The lowest BCUT2D eigenvalue weighted by atomic mass is 10.1. The highest BCUT2D eigenvalue weighted by Gasteiger charge is 2.37.